The van der Waals surface area contributed by atoms with Crippen LogP contribution in [-0.2, 0) is 39.3 Å². The number of aromatic nitrogens is 1. The lowest BCUT2D eigenvalue weighted by Crippen LogP contribution is -2.30. The standard InChI is InChI=1S/C50H59N4O5S/c1-7-8-16-33-52-44-27-14-12-25-42(44)49(2,3)46(52)29-19-23-41(54(40-21-10-9-11-22-40)48(55)59-38-39-31-35-51(6)36-32-39)24-20-30-47-50(4,5)43-26-13-15-28-45(43)53(47)34-17-18-37-60(56,57)58/h9-15,19-32,35-36H,7-8,16-18,33-34,37-38H2,1-6H3/q+1/p+1. The number of fused-ring (bicyclic) bond motifs is 2. The molecule has 3 heterocycles. The van der Waals surface area contributed by atoms with E-state index < -0.39 is 16.2 Å². The maximum Gasteiger partial charge on any atom is 0.419 e. The summed E-state index contributed by atoms with van der Waals surface area (Å²) in [5.74, 6) is -0.278. The average Bonchev–Trinajstić information content (AvgIpc) is 3.57. The second-order valence-electron chi connectivity index (χ2n) is 16.6. The minimum atomic E-state index is -4.05. The van der Waals surface area contributed by atoms with Gasteiger partial charge in [-0.2, -0.15) is 13.0 Å². The lowest BCUT2D eigenvalue weighted by Gasteiger charge is -2.27. The van der Waals surface area contributed by atoms with Gasteiger partial charge in [-0.15, -0.1) is 0 Å². The maximum atomic E-state index is 14.3. The van der Waals surface area contributed by atoms with Gasteiger partial charge in [0.1, 0.15) is 20.2 Å². The molecule has 9 nitrogen and oxygen atoms in total. The number of carbonyl (C=O) groups is 1. The molecule has 0 aliphatic carbocycles. The molecular weight excluding hydrogens is 769 g/mol. The summed E-state index contributed by atoms with van der Waals surface area (Å²) < 4.78 is 42.8. The minimum absolute atomic E-state index is 0.107. The first-order valence-electron chi connectivity index (χ1n) is 21.0. The molecule has 314 valence electrons. The van der Waals surface area contributed by atoms with Gasteiger partial charge in [0.05, 0.1) is 22.6 Å². The molecule has 0 unspecified atom stereocenters. The monoisotopic (exact) mass is 828 g/mol. The molecule has 1 amide bonds. The Balaban J connectivity index is 1.42. The highest BCUT2D eigenvalue weighted by atomic mass is 32.2. The molecule has 1 aromatic heterocycles. The van der Waals surface area contributed by atoms with E-state index in [9.17, 15) is 17.8 Å². The van der Waals surface area contributed by atoms with Crippen LogP contribution in [0.4, 0.5) is 21.9 Å². The lowest BCUT2D eigenvalue weighted by molar-refractivity contribution is -0.671. The zero-order valence-corrected chi connectivity index (χ0v) is 36.7. The van der Waals surface area contributed by atoms with Crippen LogP contribution in [0.15, 0.2) is 151 Å². The van der Waals surface area contributed by atoms with Gasteiger partial charge in [0.25, 0.3) is 10.1 Å². The molecule has 10 heteroatoms. The number of carbonyl (C=O) groups excluding carboxylic acids is 1. The largest absolute Gasteiger partial charge is 0.444 e. The lowest BCUT2D eigenvalue weighted by atomic mass is 9.81. The van der Waals surface area contributed by atoms with Gasteiger partial charge in [-0.3, -0.25) is 4.55 Å². The smallest absolute Gasteiger partial charge is 0.419 e. The Morgan fingerprint density at radius 1 is 0.833 bits per heavy atom. The number of benzene rings is 3. The Morgan fingerprint density at radius 2 is 1.52 bits per heavy atom. The Bertz CT molecular complexity index is 2410. The van der Waals surface area contributed by atoms with Crippen LogP contribution in [-0.4, -0.2) is 48.2 Å². The van der Waals surface area contributed by atoms with Crippen LogP contribution in [0.5, 0.6) is 0 Å². The molecule has 3 aromatic carbocycles. The van der Waals surface area contributed by atoms with Crippen molar-refractivity contribution in [2.24, 2.45) is 7.05 Å². The van der Waals surface area contributed by atoms with E-state index in [-0.39, 0.29) is 23.2 Å². The van der Waals surface area contributed by atoms with Gasteiger partial charge in [-0.25, -0.2) is 14.3 Å². The number of pyridine rings is 1. The van der Waals surface area contributed by atoms with Crippen LogP contribution in [0.3, 0.4) is 0 Å². The zero-order chi connectivity index (χ0) is 42.9. The van der Waals surface area contributed by atoms with Crippen LogP contribution < -0.4 is 14.4 Å². The molecule has 4 aromatic rings. The first kappa shape index (κ1) is 44.0. The first-order valence-corrected chi connectivity index (χ1v) is 22.6. The van der Waals surface area contributed by atoms with Crippen LogP contribution in [0, 0.1) is 0 Å². The average molecular weight is 829 g/mol. The van der Waals surface area contributed by atoms with Crippen LogP contribution >= 0.6 is 0 Å². The van der Waals surface area contributed by atoms with Crippen molar-refractivity contribution in [1.29, 1.82) is 0 Å². The summed E-state index contributed by atoms with van der Waals surface area (Å²) >= 11 is 0. The van der Waals surface area contributed by atoms with Crippen molar-refractivity contribution in [2.45, 2.75) is 84.2 Å². The maximum absolute atomic E-state index is 14.3. The first-order chi connectivity index (χ1) is 28.7. The van der Waals surface area contributed by atoms with E-state index in [1.54, 1.807) is 4.90 Å². The molecule has 0 bridgehead atoms. The van der Waals surface area contributed by atoms with Gasteiger partial charge in [0.15, 0.2) is 18.1 Å². The molecule has 0 fully saturated rings. The number of para-hydroxylation sites is 3. The van der Waals surface area contributed by atoms with E-state index in [1.165, 1.54) is 22.5 Å². The summed E-state index contributed by atoms with van der Waals surface area (Å²) in [6.45, 7) is 12.7. The third kappa shape index (κ3) is 10.2. The molecular formula is C50H60N4O5S+2. The van der Waals surface area contributed by atoms with Gasteiger partial charge in [-0.1, -0.05) is 93.9 Å². The van der Waals surface area contributed by atoms with Gasteiger partial charge in [-0.05, 0) is 75.1 Å². The predicted molar refractivity (Wildman–Crippen MR) is 242 cm³/mol. The van der Waals surface area contributed by atoms with E-state index in [1.807, 2.05) is 103 Å². The summed E-state index contributed by atoms with van der Waals surface area (Å²) in [5.41, 5.74) is 8.56. The number of nitrogens with zero attached hydrogens (tertiary/aromatic N) is 4. The predicted octanol–water partition coefficient (Wildman–Crippen LogP) is 10.3. The molecule has 0 radical (unpaired) electrons. The molecule has 0 saturated carbocycles. The summed E-state index contributed by atoms with van der Waals surface area (Å²) in [6.07, 6.45) is 19.8. The molecule has 0 saturated heterocycles. The number of unbranched alkanes of at least 4 members (excludes halogenated alkanes) is 3. The van der Waals surface area contributed by atoms with E-state index in [4.69, 9.17) is 4.74 Å². The van der Waals surface area contributed by atoms with Gasteiger partial charge < -0.3 is 9.64 Å². The van der Waals surface area contributed by atoms with Crippen LogP contribution in [0.2, 0.25) is 0 Å². The van der Waals surface area contributed by atoms with Crippen molar-refractivity contribution in [1.82, 2.24) is 0 Å². The van der Waals surface area contributed by atoms with Gasteiger partial charge in [0, 0.05) is 65.2 Å². The van der Waals surface area contributed by atoms with E-state index in [2.05, 4.69) is 92.6 Å². The minimum Gasteiger partial charge on any atom is -0.444 e. The third-order valence-electron chi connectivity index (χ3n) is 11.5. The van der Waals surface area contributed by atoms with Crippen molar-refractivity contribution in [3.05, 3.63) is 168 Å². The number of aryl methyl sites for hydroxylation is 1. The molecule has 6 rings (SSSR count). The highest BCUT2D eigenvalue weighted by Gasteiger charge is 2.44. The van der Waals surface area contributed by atoms with Crippen LogP contribution in [0.25, 0.3) is 0 Å². The highest BCUT2D eigenvalue weighted by molar-refractivity contribution is 7.85. The summed E-state index contributed by atoms with van der Waals surface area (Å²) in [6, 6.07) is 30.3. The number of hydrogen-bond acceptors (Lipinski definition) is 5. The Hall–Kier alpha value is -5.58. The van der Waals surface area contributed by atoms with Crippen molar-refractivity contribution in [2.75, 3.05) is 28.6 Å². The second-order valence-corrected chi connectivity index (χ2v) is 18.2. The Labute approximate surface area is 357 Å². The number of ether oxygens (including phenoxy) is 1. The van der Waals surface area contributed by atoms with E-state index in [0.29, 0.717) is 30.8 Å². The Kier molecular flexibility index (Phi) is 14.1. The quantitative estimate of drug-likeness (QED) is 0.0493. The van der Waals surface area contributed by atoms with Gasteiger partial charge >= 0.3 is 6.09 Å². The zero-order valence-electron chi connectivity index (χ0n) is 35.9. The highest BCUT2D eigenvalue weighted by Crippen LogP contribution is 2.47. The third-order valence-corrected chi connectivity index (χ3v) is 12.3. The summed E-state index contributed by atoms with van der Waals surface area (Å²) in [7, 11) is -2.10. The number of amides is 1. The number of hydrogen-bond donors (Lipinski definition) is 1. The molecule has 2 aliphatic rings. The molecule has 60 heavy (non-hydrogen) atoms. The topological polar surface area (TPSA) is 94.0 Å². The van der Waals surface area contributed by atoms with Crippen LogP contribution in [0.1, 0.15) is 83.4 Å². The number of allylic oxidation sites excluding steroid dienone is 7. The van der Waals surface area contributed by atoms with E-state index >= 15 is 0 Å². The van der Waals surface area contributed by atoms with Crippen molar-refractivity contribution >= 4 is 39.0 Å². The van der Waals surface area contributed by atoms with Crippen molar-refractivity contribution in [3.8, 4) is 0 Å². The van der Waals surface area contributed by atoms with Crippen molar-refractivity contribution in [3.63, 3.8) is 0 Å². The van der Waals surface area contributed by atoms with Crippen molar-refractivity contribution < 1.29 is 31.6 Å². The Morgan fingerprint density at radius 3 is 2.23 bits per heavy atom. The second kappa shape index (κ2) is 19.2. The fraction of sp³-hybridized carbons (Fsp3) is 0.340. The fourth-order valence-electron chi connectivity index (χ4n) is 8.29. The summed E-state index contributed by atoms with van der Waals surface area (Å²) in [4.78, 5) is 18.2. The molecule has 0 atom stereocenters. The van der Waals surface area contributed by atoms with E-state index in [0.717, 1.165) is 42.8 Å². The number of anilines is 2. The molecule has 2 aliphatic heterocycles. The number of rotatable bonds is 17. The summed E-state index contributed by atoms with van der Waals surface area (Å²) in [5, 5.41) is 0. The van der Waals surface area contributed by atoms with Gasteiger partial charge in [0.2, 0.25) is 5.69 Å². The SMILES string of the molecule is CCCCC[N+]1=C(/C=C/C=C(/C=C/C=C2/N(CCCCS(=O)(=O)O)c3ccccc3C2(C)C)N(C(=O)OCc2cc[n+](C)cc2)c2ccccc2)C(C)(C)c2ccccc21. The normalized spacial score (nSPS) is 16.6. The molecule has 0 spiro atoms. The fourth-order valence-corrected chi connectivity index (χ4v) is 8.86. The molecule has 1 N–H and O–H groups in total.